The Labute approximate surface area is 130 Å². The minimum Gasteiger partial charge on any atom is -0.478 e. The van der Waals surface area contributed by atoms with E-state index in [-0.39, 0.29) is 17.5 Å². The third-order valence-electron chi connectivity index (χ3n) is 3.69. The number of aryl methyl sites for hydroxylation is 1. The number of carboxylic acids is 1. The molecule has 7 heteroatoms. The highest BCUT2D eigenvalue weighted by Gasteiger charge is 2.13. The first-order valence-corrected chi connectivity index (χ1v) is 6.85. The average Bonchev–Trinajstić information content (AvgIpc) is 2.57. The molecule has 3 aromatic rings. The number of nitrogens with zero attached hydrogens (tertiary/aromatic N) is 3. The van der Waals surface area contributed by atoms with Crippen molar-refractivity contribution in [3.8, 4) is 0 Å². The van der Waals surface area contributed by atoms with Crippen molar-refractivity contribution in [1.29, 1.82) is 0 Å². The maximum absolute atomic E-state index is 12.6. The second-order valence-corrected chi connectivity index (χ2v) is 5.13. The second kappa shape index (κ2) is 5.53. The van der Waals surface area contributed by atoms with Gasteiger partial charge in [0, 0.05) is 19.4 Å². The molecular formula is C16H13N3O4. The maximum Gasteiger partial charge on any atom is 0.335 e. The van der Waals surface area contributed by atoms with Gasteiger partial charge in [-0.05, 0) is 35.9 Å². The van der Waals surface area contributed by atoms with Crippen LogP contribution in [-0.4, -0.2) is 25.2 Å². The fraction of sp³-hybridized carbons (Fsp3) is 0.125. The zero-order valence-corrected chi connectivity index (χ0v) is 12.3. The van der Waals surface area contributed by atoms with Crippen LogP contribution in [0.25, 0.3) is 10.9 Å². The molecule has 0 aliphatic heterocycles. The summed E-state index contributed by atoms with van der Waals surface area (Å²) in [5.41, 5.74) is 0.193. The second-order valence-electron chi connectivity index (χ2n) is 5.13. The Balaban J connectivity index is 2.28. The summed E-state index contributed by atoms with van der Waals surface area (Å²) in [5.74, 6) is -1.12. The van der Waals surface area contributed by atoms with Gasteiger partial charge < -0.3 is 5.11 Å². The number of aromatic nitrogens is 3. The highest BCUT2D eigenvalue weighted by molar-refractivity contribution is 5.93. The lowest BCUT2D eigenvalue weighted by Gasteiger charge is -2.11. The van der Waals surface area contributed by atoms with Gasteiger partial charge in [-0.3, -0.25) is 18.9 Å². The number of hydrogen-bond acceptors (Lipinski definition) is 4. The molecule has 3 rings (SSSR count). The van der Waals surface area contributed by atoms with Gasteiger partial charge in [0.2, 0.25) is 0 Å². The minimum atomic E-state index is -1.12. The molecule has 7 nitrogen and oxygen atoms in total. The van der Waals surface area contributed by atoms with Crippen molar-refractivity contribution in [2.45, 2.75) is 6.54 Å². The molecule has 1 N–H and O–H groups in total. The van der Waals surface area contributed by atoms with E-state index < -0.39 is 17.2 Å². The number of carbonyl (C=O) groups is 1. The minimum absolute atomic E-state index is 0.00344. The summed E-state index contributed by atoms with van der Waals surface area (Å²) in [7, 11) is 1.55. The molecule has 23 heavy (non-hydrogen) atoms. The van der Waals surface area contributed by atoms with Crippen LogP contribution in [0.15, 0.2) is 52.3 Å². The van der Waals surface area contributed by atoms with Crippen molar-refractivity contribution in [1.82, 2.24) is 14.1 Å². The Morgan fingerprint density at radius 1 is 1.17 bits per heavy atom. The highest BCUT2D eigenvalue weighted by atomic mass is 16.4. The number of hydrogen-bond donors (Lipinski definition) is 1. The predicted molar refractivity (Wildman–Crippen MR) is 83.7 cm³/mol. The average molecular weight is 311 g/mol. The molecule has 116 valence electrons. The van der Waals surface area contributed by atoms with Crippen molar-refractivity contribution in [2.24, 2.45) is 7.05 Å². The number of aromatic carboxylic acids is 1. The number of benzene rings is 1. The summed E-state index contributed by atoms with van der Waals surface area (Å²) in [4.78, 5) is 40.0. The molecule has 0 amide bonds. The Bertz CT molecular complexity index is 1020. The van der Waals surface area contributed by atoms with E-state index in [0.717, 1.165) is 10.1 Å². The molecule has 0 aliphatic carbocycles. The molecule has 0 spiro atoms. The summed E-state index contributed by atoms with van der Waals surface area (Å²) < 4.78 is 2.42. The van der Waals surface area contributed by atoms with Crippen LogP contribution in [0.2, 0.25) is 0 Å². The first kappa shape index (κ1) is 14.7. The fourth-order valence-corrected chi connectivity index (χ4v) is 2.46. The van der Waals surface area contributed by atoms with Gasteiger partial charge in [0.05, 0.1) is 23.0 Å². The van der Waals surface area contributed by atoms with Crippen LogP contribution in [0.1, 0.15) is 15.9 Å². The lowest BCUT2D eigenvalue weighted by atomic mass is 10.1. The highest BCUT2D eigenvalue weighted by Crippen LogP contribution is 2.11. The maximum atomic E-state index is 12.6. The Morgan fingerprint density at radius 3 is 2.52 bits per heavy atom. The largest absolute Gasteiger partial charge is 0.478 e. The Kier molecular flexibility index (Phi) is 3.53. The molecule has 1 aromatic carbocycles. The van der Waals surface area contributed by atoms with Crippen molar-refractivity contribution >= 4 is 16.9 Å². The monoisotopic (exact) mass is 311 g/mol. The standard InChI is InChI=1S/C16H13N3O4/c1-18-13-3-2-11(15(21)22)8-12(13)14(20)19(16(18)23)9-10-4-6-17-7-5-10/h2-8H,9H2,1H3,(H,21,22). The molecule has 0 saturated heterocycles. The summed E-state index contributed by atoms with van der Waals surface area (Å²) in [6, 6.07) is 7.56. The molecule has 0 fully saturated rings. The third kappa shape index (κ3) is 2.52. The van der Waals surface area contributed by atoms with Crippen molar-refractivity contribution in [2.75, 3.05) is 0 Å². The molecule has 0 saturated carbocycles. The summed E-state index contributed by atoms with van der Waals surface area (Å²) >= 11 is 0. The van der Waals surface area contributed by atoms with E-state index in [9.17, 15) is 14.4 Å². The molecule has 0 aliphatic rings. The van der Waals surface area contributed by atoms with E-state index in [1.807, 2.05) is 0 Å². The van der Waals surface area contributed by atoms with Crippen molar-refractivity contribution < 1.29 is 9.90 Å². The van der Waals surface area contributed by atoms with Gasteiger partial charge in [-0.15, -0.1) is 0 Å². The van der Waals surface area contributed by atoms with Gasteiger partial charge in [-0.25, -0.2) is 9.59 Å². The van der Waals surface area contributed by atoms with Crippen LogP contribution >= 0.6 is 0 Å². The van der Waals surface area contributed by atoms with Crippen LogP contribution in [0, 0.1) is 0 Å². The van der Waals surface area contributed by atoms with E-state index in [2.05, 4.69) is 4.98 Å². The molecular weight excluding hydrogens is 298 g/mol. The lowest BCUT2D eigenvalue weighted by Crippen LogP contribution is -2.39. The SMILES string of the molecule is Cn1c(=O)n(Cc2ccncc2)c(=O)c2cc(C(=O)O)ccc21. The summed E-state index contributed by atoms with van der Waals surface area (Å²) in [6.07, 6.45) is 3.16. The smallest absolute Gasteiger partial charge is 0.335 e. The quantitative estimate of drug-likeness (QED) is 0.773. The van der Waals surface area contributed by atoms with Gasteiger partial charge in [0.1, 0.15) is 0 Å². The fourth-order valence-electron chi connectivity index (χ4n) is 2.46. The van der Waals surface area contributed by atoms with E-state index in [0.29, 0.717) is 5.52 Å². The van der Waals surface area contributed by atoms with Crippen LogP contribution in [0.5, 0.6) is 0 Å². The van der Waals surface area contributed by atoms with Crippen LogP contribution in [0.4, 0.5) is 0 Å². The van der Waals surface area contributed by atoms with Crippen LogP contribution in [-0.2, 0) is 13.6 Å². The topological polar surface area (TPSA) is 94.2 Å². The third-order valence-corrected chi connectivity index (χ3v) is 3.69. The first-order valence-electron chi connectivity index (χ1n) is 6.85. The zero-order chi connectivity index (χ0) is 16.6. The number of carboxylic acid groups (broad SMARTS) is 1. The molecule has 0 unspecified atom stereocenters. The molecule has 0 atom stereocenters. The normalized spacial score (nSPS) is 10.8. The molecule has 0 bridgehead atoms. The Morgan fingerprint density at radius 2 is 1.87 bits per heavy atom. The number of fused-ring (bicyclic) bond motifs is 1. The predicted octanol–water partition coefficient (Wildman–Crippen LogP) is 0.842. The van der Waals surface area contributed by atoms with Gasteiger partial charge in [-0.1, -0.05) is 0 Å². The van der Waals surface area contributed by atoms with Crippen molar-refractivity contribution in [3.05, 3.63) is 74.7 Å². The van der Waals surface area contributed by atoms with E-state index in [1.54, 1.807) is 31.6 Å². The van der Waals surface area contributed by atoms with E-state index >= 15 is 0 Å². The molecule has 2 aromatic heterocycles. The van der Waals surface area contributed by atoms with E-state index in [1.165, 1.54) is 22.8 Å². The van der Waals surface area contributed by atoms with Gasteiger partial charge in [0.15, 0.2) is 0 Å². The molecule has 0 radical (unpaired) electrons. The molecule has 2 heterocycles. The Hall–Kier alpha value is -3.22. The van der Waals surface area contributed by atoms with E-state index in [4.69, 9.17) is 5.11 Å². The van der Waals surface area contributed by atoms with Gasteiger partial charge >= 0.3 is 11.7 Å². The van der Waals surface area contributed by atoms with Gasteiger partial charge in [-0.2, -0.15) is 0 Å². The van der Waals surface area contributed by atoms with Crippen molar-refractivity contribution in [3.63, 3.8) is 0 Å². The zero-order valence-electron chi connectivity index (χ0n) is 12.3. The lowest BCUT2D eigenvalue weighted by molar-refractivity contribution is 0.0697. The number of rotatable bonds is 3. The summed E-state index contributed by atoms with van der Waals surface area (Å²) in [5, 5.41) is 9.27. The van der Waals surface area contributed by atoms with Gasteiger partial charge in [0.25, 0.3) is 5.56 Å². The summed E-state index contributed by atoms with van der Waals surface area (Å²) in [6.45, 7) is 0.0985. The van der Waals surface area contributed by atoms with Crippen LogP contribution < -0.4 is 11.2 Å². The number of pyridine rings is 1. The first-order chi connectivity index (χ1) is 11.0. The van der Waals surface area contributed by atoms with Crippen LogP contribution in [0.3, 0.4) is 0 Å².